The zero-order valence-electron chi connectivity index (χ0n) is 11.3. The van der Waals surface area contributed by atoms with Crippen LogP contribution in [0.4, 0.5) is 5.69 Å². The van der Waals surface area contributed by atoms with Gasteiger partial charge in [0.2, 0.25) is 0 Å². The van der Waals surface area contributed by atoms with Gasteiger partial charge in [0.05, 0.1) is 13.2 Å². The van der Waals surface area contributed by atoms with E-state index in [1.165, 1.54) is 27.2 Å². The third-order valence-electron chi connectivity index (χ3n) is 3.99. The number of nitrogens with zero attached hydrogens (tertiary/aromatic N) is 1. The average molecular weight is 262 g/mol. The summed E-state index contributed by atoms with van der Waals surface area (Å²) in [7, 11) is 0. The summed E-state index contributed by atoms with van der Waals surface area (Å²) in [6.07, 6.45) is 0. The molecular formula is C18H16NO. The fraction of sp³-hybridized carbons (Fsp3) is 0.222. The van der Waals surface area contributed by atoms with Gasteiger partial charge in [-0.15, -0.1) is 0 Å². The molecule has 0 spiro atoms. The van der Waals surface area contributed by atoms with Gasteiger partial charge in [0.25, 0.3) is 0 Å². The van der Waals surface area contributed by atoms with Crippen molar-refractivity contribution in [2.24, 2.45) is 0 Å². The van der Waals surface area contributed by atoms with E-state index in [0.29, 0.717) is 0 Å². The second kappa shape index (κ2) is 4.80. The smallest absolute Gasteiger partial charge is 0.0642 e. The average Bonchev–Trinajstić information content (AvgIpc) is 2.55. The van der Waals surface area contributed by atoms with E-state index >= 15 is 0 Å². The number of hydrogen-bond acceptors (Lipinski definition) is 2. The van der Waals surface area contributed by atoms with E-state index in [2.05, 4.69) is 59.5 Å². The van der Waals surface area contributed by atoms with Crippen LogP contribution in [0.1, 0.15) is 0 Å². The molecule has 1 aliphatic rings. The third-order valence-corrected chi connectivity index (χ3v) is 3.99. The van der Waals surface area contributed by atoms with Gasteiger partial charge in [-0.2, -0.15) is 0 Å². The van der Waals surface area contributed by atoms with Crippen LogP contribution >= 0.6 is 0 Å². The van der Waals surface area contributed by atoms with E-state index in [4.69, 9.17) is 4.74 Å². The minimum Gasteiger partial charge on any atom is -0.378 e. The van der Waals surface area contributed by atoms with Gasteiger partial charge in [-0.3, -0.25) is 0 Å². The molecule has 0 aromatic heterocycles. The Morgan fingerprint density at radius 2 is 1.70 bits per heavy atom. The molecule has 1 aliphatic heterocycles. The van der Waals surface area contributed by atoms with Gasteiger partial charge in [-0.05, 0) is 27.6 Å². The van der Waals surface area contributed by atoms with Gasteiger partial charge >= 0.3 is 0 Å². The quantitative estimate of drug-likeness (QED) is 0.621. The fourth-order valence-electron chi connectivity index (χ4n) is 2.91. The Morgan fingerprint density at radius 3 is 2.60 bits per heavy atom. The van der Waals surface area contributed by atoms with Gasteiger partial charge in [-0.25, -0.2) is 0 Å². The molecule has 4 rings (SSSR count). The molecule has 1 fully saturated rings. The van der Waals surface area contributed by atoms with Crippen LogP contribution in [0.15, 0.2) is 48.5 Å². The van der Waals surface area contributed by atoms with Crippen molar-refractivity contribution in [2.75, 3.05) is 31.2 Å². The summed E-state index contributed by atoms with van der Waals surface area (Å²) in [5, 5.41) is 5.05. The molecule has 1 heterocycles. The lowest BCUT2D eigenvalue weighted by Crippen LogP contribution is -2.36. The number of morpholine rings is 1. The van der Waals surface area contributed by atoms with Crippen LogP contribution in [0.25, 0.3) is 21.5 Å². The summed E-state index contributed by atoms with van der Waals surface area (Å²) < 4.78 is 5.41. The van der Waals surface area contributed by atoms with Gasteiger partial charge in [-0.1, -0.05) is 42.5 Å². The molecule has 3 aromatic carbocycles. The molecule has 2 heteroatoms. The highest BCUT2D eigenvalue weighted by atomic mass is 16.5. The summed E-state index contributed by atoms with van der Waals surface area (Å²) >= 11 is 0. The lowest BCUT2D eigenvalue weighted by Gasteiger charge is -2.28. The van der Waals surface area contributed by atoms with Crippen molar-refractivity contribution >= 4 is 27.2 Å². The summed E-state index contributed by atoms with van der Waals surface area (Å²) in [6.45, 7) is 3.53. The molecule has 0 bridgehead atoms. The molecule has 0 saturated carbocycles. The topological polar surface area (TPSA) is 12.5 Å². The van der Waals surface area contributed by atoms with Gasteiger partial charge < -0.3 is 9.64 Å². The van der Waals surface area contributed by atoms with Gasteiger partial charge in [0.15, 0.2) is 0 Å². The van der Waals surface area contributed by atoms with Crippen LogP contribution in [0.5, 0.6) is 0 Å². The highest BCUT2D eigenvalue weighted by Gasteiger charge is 2.12. The van der Waals surface area contributed by atoms with Crippen LogP contribution in [-0.2, 0) is 4.74 Å². The maximum Gasteiger partial charge on any atom is 0.0642 e. The number of rotatable bonds is 1. The van der Waals surface area contributed by atoms with E-state index in [0.717, 1.165) is 26.3 Å². The van der Waals surface area contributed by atoms with E-state index in [-0.39, 0.29) is 0 Å². The van der Waals surface area contributed by atoms with Crippen LogP contribution < -0.4 is 4.90 Å². The van der Waals surface area contributed by atoms with Gasteiger partial charge in [0, 0.05) is 24.8 Å². The molecule has 0 N–H and O–H groups in total. The van der Waals surface area contributed by atoms with Crippen molar-refractivity contribution in [3.63, 3.8) is 0 Å². The number of hydrogen-bond donors (Lipinski definition) is 0. The molecule has 1 saturated heterocycles. The highest BCUT2D eigenvalue weighted by molar-refractivity contribution is 6.07. The first kappa shape index (κ1) is 11.7. The summed E-state index contributed by atoms with van der Waals surface area (Å²) in [4.78, 5) is 2.35. The molecule has 99 valence electrons. The molecule has 0 amide bonds. The van der Waals surface area contributed by atoms with Crippen LogP contribution in [0.3, 0.4) is 0 Å². The minimum atomic E-state index is 0.809. The Balaban J connectivity index is 1.85. The number of ether oxygens (including phenoxy) is 1. The molecular weight excluding hydrogens is 246 g/mol. The second-order valence-electron chi connectivity index (χ2n) is 5.19. The zero-order chi connectivity index (χ0) is 13.4. The van der Waals surface area contributed by atoms with Crippen molar-refractivity contribution in [1.29, 1.82) is 0 Å². The molecule has 0 aliphatic carbocycles. The lowest BCUT2D eigenvalue weighted by atomic mass is 10.0. The lowest BCUT2D eigenvalue weighted by molar-refractivity contribution is 0.122. The van der Waals surface area contributed by atoms with E-state index < -0.39 is 0 Å². The third kappa shape index (κ3) is 1.93. The molecule has 20 heavy (non-hydrogen) atoms. The molecule has 0 atom stereocenters. The summed E-state index contributed by atoms with van der Waals surface area (Å²) in [6, 6.07) is 20.8. The Hall–Kier alpha value is -2.06. The minimum absolute atomic E-state index is 0.809. The van der Waals surface area contributed by atoms with Crippen molar-refractivity contribution in [3.8, 4) is 0 Å². The maximum absolute atomic E-state index is 5.41. The maximum atomic E-state index is 5.41. The number of fused-ring (bicyclic) bond motifs is 3. The standard InChI is InChI=1S/C18H16NO/c1-2-4-17-14(3-1)5-6-15-13-16(7-8-18(15)17)19-9-11-20-12-10-19/h1-8H,9-12H2. The van der Waals surface area contributed by atoms with Gasteiger partial charge in [0.1, 0.15) is 0 Å². The molecule has 2 nitrogen and oxygen atoms in total. The van der Waals surface area contributed by atoms with E-state index in [1.54, 1.807) is 0 Å². The predicted molar refractivity (Wildman–Crippen MR) is 83.3 cm³/mol. The first-order valence-electron chi connectivity index (χ1n) is 7.08. The van der Waals surface area contributed by atoms with Crippen molar-refractivity contribution < 1.29 is 4.74 Å². The van der Waals surface area contributed by atoms with E-state index in [1.807, 2.05) is 0 Å². The summed E-state index contributed by atoms with van der Waals surface area (Å²) in [5.41, 5.74) is 1.18. The highest BCUT2D eigenvalue weighted by Crippen LogP contribution is 2.28. The summed E-state index contributed by atoms with van der Waals surface area (Å²) in [5.74, 6) is 0. The van der Waals surface area contributed by atoms with Crippen LogP contribution in [0.2, 0.25) is 0 Å². The first-order valence-corrected chi connectivity index (χ1v) is 7.08. The largest absolute Gasteiger partial charge is 0.378 e. The van der Waals surface area contributed by atoms with Crippen LogP contribution in [-0.4, -0.2) is 26.3 Å². The molecule has 0 unspecified atom stereocenters. The SMILES string of the molecule is [c]1c(N2CCOCC2)ccc2c1ccc1ccccc12. The zero-order valence-corrected chi connectivity index (χ0v) is 11.3. The molecule has 1 radical (unpaired) electrons. The van der Waals surface area contributed by atoms with Crippen molar-refractivity contribution in [3.05, 3.63) is 54.6 Å². The Kier molecular flexibility index (Phi) is 2.82. The Morgan fingerprint density at radius 1 is 0.850 bits per heavy atom. The Bertz CT molecular complexity index is 760. The van der Waals surface area contributed by atoms with Crippen molar-refractivity contribution in [2.45, 2.75) is 0 Å². The number of anilines is 1. The monoisotopic (exact) mass is 262 g/mol. The second-order valence-corrected chi connectivity index (χ2v) is 5.19. The van der Waals surface area contributed by atoms with Crippen LogP contribution in [0, 0.1) is 6.07 Å². The first-order chi connectivity index (χ1) is 9.92. The van der Waals surface area contributed by atoms with Crippen molar-refractivity contribution in [1.82, 2.24) is 0 Å². The molecule has 3 aromatic rings. The Labute approximate surface area is 118 Å². The normalized spacial score (nSPS) is 15.9. The fourth-order valence-corrected chi connectivity index (χ4v) is 2.91. The number of benzene rings is 3. The predicted octanol–water partition coefficient (Wildman–Crippen LogP) is 3.63. The van der Waals surface area contributed by atoms with E-state index in [9.17, 15) is 0 Å².